The van der Waals surface area contributed by atoms with E-state index in [0.717, 1.165) is 18.8 Å². The van der Waals surface area contributed by atoms with Crippen molar-refractivity contribution in [3.63, 3.8) is 0 Å². The summed E-state index contributed by atoms with van der Waals surface area (Å²) < 4.78 is 0. The van der Waals surface area contributed by atoms with Crippen LogP contribution in [0.2, 0.25) is 0 Å². The molecule has 0 aromatic heterocycles. The van der Waals surface area contributed by atoms with Crippen molar-refractivity contribution in [3.05, 3.63) is 29.8 Å². The summed E-state index contributed by atoms with van der Waals surface area (Å²) in [5.74, 6) is 0.159. The van der Waals surface area contributed by atoms with Gasteiger partial charge in [0, 0.05) is 18.8 Å². The molecular weight excluding hydrogens is 188 g/mol. The van der Waals surface area contributed by atoms with Crippen LogP contribution in [0.25, 0.3) is 0 Å². The number of carbonyl (C=O) groups is 1. The Hall–Kier alpha value is -1.35. The number of carbonyl (C=O) groups excluding carboxylic acids is 1. The first-order valence-corrected chi connectivity index (χ1v) is 5.30. The molecule has 0 spiro atoms. The number of aryl methyl sites for hydroxylation is 1. The van der Waals surface area contributed by atoms with Gasteiger partial charge < -0.3 is 10.2 Å². The highest BCUT2D eigenvalue weighted by molar-refractivity contribution is 5.97. The zero-order valence-corrected chi connectivity index (χ0v) is 9.16. The van der Waals surface area contributed by atoms with E-state index >= 15 is 0 Å². The van der Waals surface area contributed by atoms with Crippen LogP contribution in [-0.2, 0) is 4.79 Å². The van der Waals surface area contributed by atoms with Crippen LogP contribution in [0.1, 0.15) is 12.5 Å². The van der Waals surface area contributed by atoms with Gasteiger partial charge in [-0.3, -0.25) is 4.79 Å². The molecule has 1 heterocycles. The second-order valence-corrected chi connectivity index (χ2v) is 4.00. The molecule has 1 fully saturated rings. The van der Waals surface area contributed by atoms with Crippen molar-refractivity contribution in [1.82, 2.24) is 5.32 Å². The molecule has 80 valence electrons. The molecule has 0 radical (unpaired) electrons. The first kappa shape index (κ1) is 10.2. The van der Waals surface area contributed by atoms with Gasteiger partial charge >= 0.3 is 0 Å². The van der Waals surface area contributed by atoms with Crippen LogP contribution in [-0.4, -0.2) is 25.0 Å². The third-order valence-electron chi connectivity index (χ3n) is 2.74. The van der Waals surface area contributed by atoms with Gasteiger partial charge in [-0.2, -0.15) is 0 Å². The largest absolute Gasteiger partial charge is 0.310 e. The van der Waals surface area contributed by atoms with Gasteiger partial charge in [-0.05, 0) is 31.5 Å². The summed E-state index contributed by atoms with van der Waals surface area (Å²) in [5, 5.41) is 3.15. The van der Waals surface area contributed by atoms with Crippen molar-refractivity contribution in [2.45, 2.75) is 19.9 Å². The lowest BCUT2D eigenvalue weighted by molar-refractivity contribution is -0.121. The average molecular weight is 204 g/mol. The SMILES string of the molecule is Cc1cccc(N2CCN[C@H](C)C2=O)c1. The van der Waals surface area contributed by atoms with Crippen LogP contribution >= 0.6 is 0 Å². The number of piperazine rings is 1. The van der Waals surface area contributed by atoms with Crippen molar-refractivity contribution < 1.29 is 4.79 Å². The lowest BCUT2D eigenvalue weighted by atomic mass is 10.1. The Balaban J connectivity index is 2.26. The number of nitrogens with zero attached hydrogens (tertiary/aromatic N) is 1. The number of anilines is 1. The van der Waals surface area contributed by atoms with E-state index in [2.05, 4.69) is 11.4 Å². The molecule has 3 nitrogen and oxygen atoms in total. The first-order valence-electron chi connectivity index (χ1n) is 5.30. The highest BCUT2D eigenvalue weighted by atomic mass is 16.2. The molecule has 1 atom stereocenters. The summed E-state index contributed by atoms with van der Waals surface area (Å²) in [6.07, 6.45) is 0. The van der Waals surface area contributed by atoms with Gasteiger partial charge in [0.2, 0.25) is 5.91 Å². The molecule has 0 bridgehead atoms. The molecule has 1 aromatic rings. The average Bonchev–Trinajstić information content (AvgIpc) is 2.22. The number of hydrogen-bond donors (Lipinski definition) is 1. The monoisotopic (exact) mass is 204 g/mol. The quantitative estimate of drug-likeness (QED) is 0.748. The Morgan fingerprint density at radius 1 is 1.47 bits per heavy atom. The number of hydrogen-bond acceptors (Lipinski definition) is 2. The molecule has 1 aromatic carbocycles. The lowest BCUT2D eigenvalue weighted by Crippen LogP contribution is -2.53. The number of benzene rings is 1. The Bertz CT molecular complexity index is 376. The molecule has 1 saturated heterocycles. The van der Waals surface area contributed by atoms with Crippen LogP contribution in [0.3, 0.4) is 0 Å². The topological polar surface area (TPSA) is 32.3 Å². The Morgan fingerprint density at radius 3 is 3.00 bits per heavy atom. The van der Waals surface area contributed by atoms with Gasteiger partial charge in [0.05, 0.1) is 6.04 Å². The predicted molar refractivity (Wildman–Crippen MR) is 61.0 cm³/mol. The molecule has 1 aliphatic heterocycles. The van der Waals surface area contributed by atoms with Gasteiger partial charge in [0.1, 0.15) is 0 Å². The zero-order valence-electron chi connectivity index (χ0n) is 9.16. The Kier molecular flexibility index (Phi) is 2.73. The van der Waals surface area contributed by atoms with E-state index < -0.39 is 0 Å². The van der Waals surface area contributed by atoms with E-state index in [1.54, 1.807) is 0 Å². The van der Waals surface area contributed by atoms with Crippen LogP contribution in [0.4, 0.5) is 5.69 Å². The second-order valence-electron chi connectivity index (χ2n) is 4.00. The minimum Gasteiger partial charge on any atom is -0.310 e. The van der Waals surface area contributed by atoms with E-state index in [-0.39, 0.29) is 11.9 Å². The summed E-state index contributed by atoms with van der Waals surface area (Å²) in [6.45, 7) is 5.57. The second kappa shape index (κ2) is 4.03. The van der Waals surface area contributed by atoms with Gasteiger partial charge in [0.25, 0.3) is 0 Å². The minimum atomic E-state index is -0.0701. The zero-order chi connectivity index (χ0) is 10.8. The summed E-state index contributed by atoms with van der Waals surface area (Å²) in [7, 11) is 0. The van der Waals surface area contributed by atoms with Gasteiger partial charge in [-0.25, -0.2) is 0 Å². The van der Waals surface area contributed by atoms with Crippen LogP contribution < -0.4 is 10.2 Å². The number of amides is 1. The summed E-state index contributed by atoms with van der Waals surface area (Å²) >= 11 is 0. The summed E-state index contributed by atoms with van der Waals surface area (Å²) in [5.41, 5.74) is 2.19. The Labute approximate surface area is 90.1 Å². The predicted octanol–water partition coefficient (Wildman–Crippen LogP) is 1.32. The smallest absolute Gasteiger partial charge is 0.243 e. The van der Waals surface area contributed by atoms with Gasteiger partial charge in [-0.1, -0.05) is 12.1 Å². The minimum absolute atomic E-state index is 0.0701. The highest BCUT2D eigenvalue weighted by Gasteiger charge is 2.25. The maximum Gasteiger partial charge on any atom is 0.243 e. The van der Waals surface area contributed by atoms with Crippen LogP contribution in [0.5, 0.6) is 0 Å². The molecular formula is C12H16N2O. The molecule has 0 unspecified atom stereocenters. The van der Waals surface area contributed by atoms with Crippen molar-refractivity contribution in [2.75, 3.05) is 18.0 Å². The van der Waals surface area contributed by atoms with Crippen molar-refractivity contribution in [2.24, 2.45) is 0 Å². The van der Waals surface area contributed by atoms with Crippen molar-refractivity contribution in [3.8, 4) is 0 Å². The molecule has 0 saturated carbocycles. The standard InChI is InChI=1S/C12H16N2O/c1-9-4-3-5-11(8-9)14-7-6-13-10(2)12(14)15/h3-5,8,10,13H,6-7H2,1-2H3/t10-/m1/s1. The molecule has 1 amide bonds. The fourth-order valence-electron chi connectivity index (χ4n) is 1.88. The fourth-order valence-corrected chi connectivity index (χ4v) is 1.88. The van der Waals surface area contributed by atoms with E-state index in [4.69, 9.17) is 0 Å². The normalized spacial score (nSPS) is 21.9. The molecule has 1 N–H and O–H groups in total. The van der Waals surface area contributed by atoms with E-state index in [0.29, 0.717) is 0 Å². The Morgan fingerprint density at radius 2 is 2.27 bits per heavy atom. The van der Waals surface area contributed by atoms with Gasteiger partial charge in [0.15, 0.2) is 0 Å². The number of nitrogens with one attached hydrogen (secondary N) is 1. The maximum absolute atomic E-state index is 11.9. The van der Waals surface area contributed by atoms with E-state index in [1.165, 1.54) is 5.56 Å². The molecule has 3 heteroatoms. The summed E-state index contributed by atoms with van der Waals surface area (Å²) in [4.78, 5) is 13.8. The third kappa shape index (κ3) is 2.02. The molecule has 15 heavy (non-hydrogen) atoms. The van der Waals surface area contributed by atoms with E-state index in [9.17, 15) is 4.79 Å². The highest BCUT2D eigenvalue weighted by Crippen LogP contribution is 2.18. The van der Waals surface area contributed by atoms with Crippen LogP contribution in [0.15, 0.2) is 24.3 Å². The van der Waals surface area contributed by atoms with Crippen LogP contribution in [0, 0.1) is 6.92 Å². The van der Waals surface area contributed by atoms with Crippen molar-refractivity contribution in [1.29, 1.82) is 0 Å². The lowest BCUT2D eigenvalue weighted by Gasteiger charge is -2.31. The summed E-state index contributed by atoms with van der Waals surface area (Å²) in [6, 6.07) is 8.00. The molecule has 1 aliphatic rings. The maximum atomic E-state index is 11.9. The molecule has 2 rings (SSSR count). The first-order chi connectivity index (χ1) is 7.18. The van der Waals surface area contributed by atoms with Gasteiger partial charge in [-0.15, -0.1) is 0 Å². The van der Waals surface area contributed by atoms with Crippen molar-refractivity contribution >= 4 is 11.6 Å². The third-order valence-corrected chi connectivity index (χ3v) is 2.74. The molecule has 0 aliphatic carbocycles. The fraction of sp³-hybridized carbons (Fsp3) is 0.417. The number of rotatable bonds is 1. The van der Waals surface area contributed by atoms with E-state index in [1.807, 2.05) is 36.9 Å².